The highest BCUT2D eigenvalue weighted by molar-refractivity contribution is 14.1. The predicted octanol–water partition coefficient (Wildman–Crippen LogP) is 5.07. The van der Waals surface area contributed by atoms with E-state index in [1.807, 2.05) is 6.07 Å². The standard InChI is InChI=1S/C20H17F2IN2O3S/c1-9-7-11(23)3-4-14(9)24-18-13(8-12(20(27)28)16(21)17(18)22)19(26)25-15-5-6-29-10(15)2/h3-4,7-8,15,24H,2,5-6H2,1H3,(H,25,26)(H,27,28). The van der Waals surface area contributed by atoms with Gasteiger partial charge in [-0.15, -0.1) is 11.8 Å². The Balaban J connectivity index is 2.07. The van der Waals surface area contributed by atoms with Crippen LogP contribution in [0.5, 0.6) is 0 Å². The number of aryl methyl sites for hydroxylation is 1. The number of nitrogens with one attached hydrogen (secondary N) is 2. The van der Waals surface area contributed by atoms with Crippen LogP contribution in [0.25, 0.3) is 0 Å². The van der Waals surface area contributed by atoms with Crippen LogP contribution < -0.4 is 10.6 Å². The number of hydrogen-bond acceptors (Lipinski definition) is 4. The summed E-state index contributed by atoms with van der Waals surface area (Å²) in [6.07, 6.45) is 0.656. The monoisotopic (exact) mass is 530 g/mol. The zero-order valence-electron chi connectivity index (χ0n) is 15.3. The summed E-state index contributed by atoms with van der Waals surface area (Å²) in [5.41, 5.74) is -0.376. The molecule has 9 heteroatoms. The minimum atomic E-state index is -1.66. The summed E-state index contributed by atoms with van der Waals surface area (Å²) < 4.78 is 30.1. The quantitative estimate of drug-likeness (QED) is 0.471. The number of halogens is 3. The molecule has 0 bridgehead atoms. The second-order valence-corrected chi connectivity index (χ2v) is 8.96. The summed E-state index contributed by atoms with van der Waals surface area (Å²) >= 11 is 3.63. The Morgan fingerprint density at radius 1 is 1.24 bits per heavy atom. The number of carboxylic acids is 1. The van der Waals surface area contributed by atoms with Gasteiger partial charge in [-0.05, 0) is 65.8 Å². The number of amides is 1. The highest BCUT2D eigenvalue weighted by atomic mass is 127. The summed E-state index contributed by atoms with van der Waals surface area (Å²) in [4.78, 5) is 24.9. The Labute approximate surface area is 184 Å². The van der Waals surface area contributed by atoms with Crippen LogP contribution in [-0.2, 0) is 0 Å². The van der Waals surface area contributed by atoms with Crippen LogP contribution in [0, 0.1) is 22.1 Å². The van der Waals surface area contributed by atoms with Crippen molar-refractivity contribution in [3.63, 3.8) is 0 Å². The first-order valence-electron chi connectivity index (χ1n) is 8.60. The van der Waals surface area contributed by atoms with Gasteiger partial charge in [-0.25, -0.2) is 13.6 Å². The first-order valence-corrected chi connectivity index (χ1v) is 10.7. The third kappa shape index (κ3) is 4.55. The van der Waals surface area contributed by atoms with E-state index in [0.29, 0.717) is 12.1 Å². The number of thioether (sulfide) groups is 1. The van der Waals surface area contributed by atoms with Crippen molar-refractivity contribution < 1.29 is 23.5 Å². The molecule has 0 saturated carbocycles. The lowest BCUT2D eigenvalue weighted by Gasteiger charge is -2.18. The molecule has 5 nitrogen and oxygen atoms in total. The third-order valence-electron chi connectivity index (χ3n) is 4.52. The number of aromatic carboxylic acids is 1. The molecule has 3 N–H and O–H groups in total. The van der Waals surface area contributed by atoms with E-state index in [1.54, 1.807) is 19.1 Å². The van der Waals surface area contributed by atoms with Crippen molar-refractivity contribution in [3.05, 3.63) is 67.6 Å². The summed E-state index contributed by atoms with van der Waals surface area (Å²) in [5.74, 6) is -4.53. The molecule has 1 atom stereocenters. The van der Waals surface area contributed by atoms with Gasteiger partial charge >= 0.3 is 5.97 Å². The number of benzene rings is 2. The van der Waals surface area contributed by atoms with Gasteiger partial charge in [-0.2, -0.15) is 0 Å². The molecule has 0 spiro atoms. The van der Waals surface area contributed by atoms with Crippen molar-refractivity contribution in [1.29, 1.82) is 0 Å². The van der Waals surface area contributed by atoms with Gasteiger partial charge in [0.1, 0.15) is 0 Å². The first kappa shape index (κ1) is 21.6. The maximum atomic E-state index is 14.8. The van der Waals surface area contributed by atoms with Crippen molar-refractivity contribution in [2.24, 2.45) is 0 Å². The summed E-state index contributed by atoms with van der Waals surface area (Å²) in [7, 11) is 0. The Morgan fingerprint density at radius 3 is 2.55 bits per heavy atom. The van der Waals surface area contributed by atoms with E-state index in [2.05, 4.69) is 39.8 Å². The van der Waals surface area contributed by atoms with Gasteiger partial charge in [0.25, 0.3) is 5.91 Å². The van der Waals surface area contributed by atoms with Gasteiger partial charge in [-0.1, -0.05) is 6.58 Å². The number of carbonyl (C=O) groups excluding carboxylic acids is 1. The number of rotatable bonds is 5. The molecule has 1 aliphatic heterocycles. The van der Waals surface area contributed by atoms with Crippen LogP contribution in [0.1, 0.15) is 32.7 Å². The fourth-order valence-corrected chi connectivity index (χ4v) is 4.58. The molecule has 1 unspecified atom stereocenters. The van der Waals surface area contributed by atoms with Crippen molar-refractivity contribution in [2.45, 2.75) is 19.4 Å². The van der Waals surface area contributed by atoms with Crippen LogP contribution in [0.15, 0.2) is 35.7 Å². The van der Waals surface area contributed by atoms with Crippen molar-refractivity contribution >= 4 is 57.6 Å². The maximum absolute atomic E-state index is 14.8. The molecule has 3 rings (SSSR count). The number of carboxylic acid groups (broad SMARTS) is 1. The molecule has 0 radical (unpaired) electrons. The Morgan fingerprint density at radius 2 is 1.97 bits per heavy atom. The van der Waals surface area contributed by atoms with E-state index < -0.39 is 34.8 Å². The normalized spacial score (nSPS) is 16.0. The highest BCUT2D eigenvalue weighted by Gasteiger charge is 2.28. The second-order valence-electron chi connectivity index (χ2n) is 6.49. The van der Waals surface area contributed by atoms with Crippen LogP contribution in [0.4, 0.5) is 20.2 Å². The molecule has 0 aromatic heterocycles. The van der Waals surface area contributed by atoms with E-state index in [9.17, 15) is 23.5 Å². The second kappa shape index (κ2) is 8.70. The molecule has 2 aromatic carbocycles. The molecule has 2 aromatic rings. The van der Waals surface area contributed by atoms with E-state index in [0.717, 1.165) is 25.9 Å². The molecule has 0 aliphatic carbocycles. The smallest absolute Gasteiger partial charge is 0.338 e. The van der Waals surface area contributed by atoms with Gasteiger partial charge < -0.3 is 15.7 Å². The van der Waals surface area contributed by atoms with Gasteiger partial charge in [0.15, 0.2) is 11.6 Å². The van der Waals surface area contributed by atoms with Gasteiger partial charge in [-0.3, -0.25) is 4.79 Å². The Hall–Kier alpha value is -2.14. The number of anilines is 2. The molecule has 1 fully saturated rings. The van der Waals surface area contributed by atoms with Crippen molar-refractivity contribution in [2.75, 3.05) is 11.1 Å². The lowest BCUT2D eigenvalue weighted by molar-refractivity contribution is 0.0690. The molecular weight excluding hydrogens is 513 g/mol. The molecule has 29 heavy (non-hydrogen) atoms. The molecular formula is C20H17F2IN2O3S. The lowest BCUT2D eigenvalue weighted by atomic mass is 10.0. The minimum absolute atomic E-state index is 0.288. The SMILES string of the molecule is C=C1SCCC1NC(=O)c1cc(C(=O)O)c(F)c(F)c1Nc1ccc(I)cc1C. The van der Waals surface area contributed by atoms with Gasteiger partial charge in [0.2, 0.25) is 0 Å². The number of hydrogen-bond donors (Lipinski definition) is 3. The summed E-state index contributed by atoms with van der Waals surface area (Å²) in [5, 5.41) is 14.7. The molecule has 1 saturated heterocycles. The fraction of sp³-hybridized carbons (Fsp3) is 0.200. The lowest BCUT2D eigenvalue weighted by Crippen LogP contribution is -2.34. The van der Waals surface area contributed by atoms with E-state index in [1.165, 1.54) is 11.8 Å². The van der Waals surface area contributed by atoms with E-state index in [4.69, 9.17) is 0 Å². The van der Waals surface area contributed by atoms with Crippen LogP contribution in [0.2, 0.25) is 0 Å². The van der Waals surface area contributed by atoms with Crippen molar-refractivity contribution in [1.82, 2.24) is 5.32 Å². The van der Waals surface area contributed by atoms with Gasteiger partial charge in [0.05, 0.1) is 22.9 Å². The largest absolute Gasteiger partial charge is 0.478 e. The summed E-state index contributed by atoms with van der Waals surface area (Å²) in [6.45, 7) is 5.66. The number of carbonyl (C=O) groups is 2. The van der Waals surface area contributed by atoms with Crippen molar-refractivity contribution in [3.8, 4) is 0 Å². The highest BCUT2D eigenvalue weighted by Crippen LogP contribution is 2.33. The Kier molecular flexibility index (Phi) is 6.47. The fourth-order valence-electron chi connectivity index (χ4n) is 2.94. The van der Waals surface area contributed by atoms with Crippen LogP contribution in [-0.4, -0.2) is 28.8 Å². The van der Waals surface area contributed by atoms with E-state index in [-0.39, 0.29) is 11.6 Å². The maximum Gasteiger partial charge on any atom is 0.338 e. The first-order chi connectivity index (χ1) is 13.7. The predicted molar refractivity (Wildman–Crippen MR) is 118 cm³/mol. The molecule has 1 amide bonds. The molecule has 152 valence electrons. The molecule has 1 heterocycles. The average Bonchev–Trinajstić information content (AvgIpc) is 3.05. The zero-order valence-corrected chi connectivity index (χ0v) is 18.3. The zero-order chi connectivity index (χ0) is 21.3. The average molecular weight is 530 g/mol. The summed E-state index contributed by atoms with van der Waals surface area (Å²) in [6, 6.07) is 5.82. The Bertz CT molecular complexity index is 1030. The minimum Gasteiger partial charge on any atom is -0.478 e. The van der Waals surface area contributed by atoms with Crippen LogP contribution in [0.3, 0.4) is 0 Å². The van der Waals surface area contributed by atoms with E-state index >= 15 is 0 Å². The molecule has 1 aliphatic rings. The van der Waals surface area contributed by atoms with Gasteiger partial charge in [0, 0.05) is 19.9 Å². The topological polar surface area (TPSA) is 78.4 Å². The van der Waals surface area contributed by atoms with Crippen LogP contribution >= 0.6 is 34.4 Å². The third-order valence-corrected chi connectivity index (χ3v) is 6.28.